The van der Waals surface area contributed by atoms with Gasteiger partial charge in [-0.2, -0.15) is 0 Å². The maximum absolute atomic E-state index is 2.38. The van der Waals surface area contributed by atoms with Gasteiger partial charge in [-0.1, -0.05) is 103 Å². The van der Waals surface area contributed by atoms with E-state index >= 15 is 0 Å². The van der Waals surface area contributed by atoms with E-state index in [1.165, 1.54) is 69.9 Å². The highest BCUT2D eigenvalue weighted by atomic mass is 32.1. The summed E-state index contributed by atoms with van der Waals surface area (Å²) in [6.07, 6.45) is 0. The zero-order valence-corrected chi connectivity index (χ0v) is 28.6. The van der Waals surface area contributed by atoms with Crippen LogP contribution in [-0.2, 0) is 0 Å². The van der Waals surface area contributed by atoms with E-state index in [0.717, 1.165) is 17.1 Å². The average Bonchev–Trinajstić information content (AvgIpc) is 3.74. The molecule has 10 rings (SSSR count). The summed E-state index contributed by atoms with van der Waals surface area (Å²) in [6.45, 7) is 0. The van der Waals surface area contributed by atoms with E-state index in [1.807, 2.05) is 11.3 Å². The SMILES string of the molecule is c1ccc(N(c2ccccc2)c2cc(-c3ccc4sc5ccccc5c4c3)cc(-c3ccc4c(c3)c3ccccc3n4-c3ccccc3)c2)cc1. The van der Waals surface area contributed by atoms with Crippen LogP contribution >= 0.6 is 11.3 Å². The Hall–Kier alpha value is -6.42. The van der Waals surface area contributed by atoms with Crippen LogP contribution in [0.25, 0.3) is 69.9 Å². The quantitative estimate of drug-likeness (QED) is 0.171. The lowest BCUT2D eigenvalue weighted by Crippen LogP contribution is -2.10. The number of hydrogen-bond donors (Lipinski definition) is 0. The van der Waals surface area contributed by atoms with Crippen molar-refractivity contribution in [3.63, 3.8) is 0 Å². The molecule has 240 valence electrons. The maximum Gasteiger partial charge on any atom is 0.0541 e. The Morgan fingerprint density at radius 2 is 0.863 bits per heavy atom. The van der Waals surface area contributed by atoms with Crippen LogP contribution in [-0.4, -0.2) is 4.57 Å². The summed E-state index contributed by atoms with van der Waals surface area (Å²) in [5.74, 6) is 0. The molecule has 2 aromatic heterocycles. The van der Waals surface area contributed by atoms with Crippen LogP contribution in [0.4, 0.5) is 17.1 Å². The fourth-order valence-corrected chi connectivity index (χ4v) is 8.67. The third-order valence-electron chi connectivity index (χ3n) is 9.94. The van der Waals surface area contributed by atoms with Crippen LogP contribution in [0, 0.1) is 0 Å². The fraction of sp³-hybridized carbons (Fsp3) is 0. The molecule has 0 saturated carbocycles. The lowest BCUT2D eigenvalue weighted by Gasteiger charge is -2.27. The van der Waals surface area contributed by atoms with Crippen LogP contribution in [0.2, 0.25) is 0 Å². The molecule has 0 aliphatic carbocycles. The van der Waals surface area contributed by atoms with Gasteiger partial charge in [0.25, 0.3) is 0 Å². The Kier molecular flexibility index (Phi) is 7.04. The van der Waals surface area contributed by atoms with Gasteiger partial charge in [0, 0.05) is 53.7 Å². The summed E-state index contributed by atoms with van der Waals surface area (Å²) in [4.78, 5) is 2.37. The topological polar surface area (TPSA) is 8.17 Å². The van der Waals surface area contributed by atoms with Crippen molar-refractivity contribution in [1.29, 1.82) is 0 Å². The zero-order chi connectivity index (χ0) is 33.7. The fourth-order valence-electron chi connectivity index (χ4n) is 7.59. The van der Waals surface area contributed by atoms with Gasteiger partial charge in [0.15, 0.2) is 0 Å². The number of fused-ring (bicyclic) bond motifs is 6. The monoisotopic (exact) mass is 668 g/mol. The molecule has 0 spiro atoms. The number of aromatic nitrogens is 1. The molecular formula is C48H32N2S. The van der Waals surface area contributed by atoms with Crippen LogP contribution in [0.1, 0.15) is 0 Å². The molecule has 10 aromatic rings. The van der Waals surface area contributed by atoms with Crippen LogP contribution in [0.5, 0.6) is 0 Å². The van der Waals surface area contributed by atoms with E-state index < -0.39 is 0 Å². The van der Waals surface area contributed by atoms with Gasteiger partial charge < -0.3 is 9.47 Å². The third kappa shape index (κ3) is 5.10. The predicted molar refractivity (Wildman–Crippen MR) is 219 cm³/mol. The molecule has 0 N–H and O–H groups in total. The number of anilines is 3. The predicted octanol–water partition coefficient (Wildman–Crippen LogP) is 14.0. The largest absolute Gasteiger partial charge is 0.310 e. The number of para-hydroxylation sites is 4. The minimum absolute atomic E-state index is 1.11. The van der Waals surface area contributed by atoms with Gasteiger partial charge in [0.1, 0.15) is 0 Å². The van der Waals surface area contributed by atoms with Gasteiger partial charge in [-0.3, -0.25) is 0 Å². The van der Waals surface area contributed by atoms with E-state index in [4.69, 9.17) is 0 Å². The number of nitrogens with zero attached hydrogens (tertiary/aromatic N) is 2. The van der Waals surface area contributed by atoms with Gasteiger partial charge in [0.05, 0.1) is 11.0 Å². The Bertz CT molecular complexity index is 2810. The van der Waals surface area contributed by atoms with E-state index in [1.54, 1.807) is 0 Å². The Labute approximate surface area is 300 Å². The van der Waals surface area contributed by atoms with Crippen molar-refractivity contribution in [1.82, 2.24) is 4.57 Å². The highest BCUT2D eigenvalue weighted by molar-refractivity contribution is 7.25. The summed E-state index contributed by atoms with van der Waals surface area (Å²) in [5.41, 5.74) is 11.7. The first-order valence-corrected chi connectivity index (χ1v) is 18.2. The summed E-state index contributed by atoms with van der Waals surface area (Å²) in [7, 11) is 0. The molecule has 2 nitrogen and oxygen atoms in total. The van der Waals surface area contributed by atoms with Gasteiger partial charge in [-0.05, 0) is 113 Å². The number of benzene rings is 8. The molecule has 0 atom stereocenters. The van der Waals surface area contributed by atoms with E-state index in [9.17, 15) is 0 Å². The van der Waals surface area contributed by atoms with Crippen LogP contribution in [0.3, 0.4) is 0 Å². The number of hydrogen-bond acceptors (Lipinski definition) is 2. The van der Waals surface area contributed by atoms with Gasteiger partial charge in [-0.25, -0.2) is 0 Å². The first-order valence-electron chi connectivity index (χ1n) is 17.3. The van der Waals surface area contributed by atoms with Gasteiger partial charge >= 0.3 is 0 Å². The normalized spacial score (nSPS) is 11.5. The zero-order valence-electron chi connectivity index (χ0n) is 27.8. The molecular weight excluding hydrogens is 637 g/mol. The lowest BCUT2D eigenvalue weighted by molar-refractivity contribution is 1.18. The molecule has 0 saturated heterocycles. The molecule has 3 heteroatoms. The minimum Gasteiger partial charge on any atom is -0.310 e. The molecule has 0 aliphatic rings. The molecule has 0 unspecified atom stereocenters. The molecule has 0 amide bonds. The summed E-state index contributed by atoms with van der Waals surface area (Å²) >= 11 is 1.86. The maximum atomic E-state index is 2.38. The van der Waals surface area contributed by atoms with Crippen molar-refractivity contribution in [2.75, 3.05) is 4.90 Å². The lowest BCUT2D eigenvalue weighted by atomic mass is 9.95. The second-order valence-electron chi connectivity index (χ2n) is 13.0. The van der Waals surface area contributed by atoms with E-state index in [0.29, 0.717) is 0 Å². The van der Waals surface area contributed by atoms with Crippen molar-refractivity contribution < 1.29 is 0 Å². The van der Waals surface area contributed by atoms with E-state index in [2.05, 4.69) is 204 Å². The highest BCUT2D eigenvalue weighted by Crippen LogP contribution is 2.43. The summed E-state index contributed by atoms with van der Waals surface area (Å²) in [6, 6.07) is 70.5. The molecule has 2 heterocycles. The molecule has 0 fully saturated rings. The summed E-state index contributed by atoms with van der Waals surface area (Å²) in [5, 5.41) is 5.11. The van der Waals surface area contributed by atoms with Crippen molar-refractivity contribution in [2.24, 2.45) is 0 Å². The van der Waals surface area contributed by atoms with Crippen molar-refractivity contribution in [3.05, 3.63) is 194 Å². The Balaban J connectivity index is 1.22. The smallest absolute Gasteiger partial charge is 0.0541 e. The van der Waals surface area contributed by atoms with Crippen molar-refractivity contribution in [3.8, 4) is 27.9 Å². The summed E-state index contributed by atoms with van der Waals surface area (Å²) < 4.78 is 5.01. The van der Waals surface area contributed by atoms with Crippen molar-refractivity contribution in [2.45, 2.75) is 0 Å². The average molecular weight is 669 g/mol. The van der Waals surface area contributed by atoms with Crippen molar-refractivity contribution >= 4 is 70.4 Å². The van der Waals surface area contributed by atoms with E-state index in [-0.39, 0.29) is 0 Å². The first kappa shape index (κ1) is 29.5. The molecule has 51 heavy (non-hydrogen) atoms. The minimum atomic E-state index is 1.11. The van der Waals surface area contributed by atoms with Crippen LogP contribution in [0.15, 0.2) is 194 Å². The first-order chi connectivity index (χ1) is 25.3. The molecule has 0 radical (unpaired) electrons. The third-order valence-corrected chi connectivity index (χ3v) is 11.1. The Morgan fingerprint density at radius 1 is 0.333 bits per heavy atom. The molecule has 0 bridgehead atoms. The van der Waals surface area contributed by atoms with Gasteiger partial charge in [0.2, 0.25) is 0 Å². The Morgan fingerprint density at radius 3 is 1.57 bits per heavy atom. The second-order valence-corrected chi connectivity index (χ2v) is 14.1. The number of thiophene rings is 1. The second kappa shape index (κ2) is 12.2. The van der Waals surface area contributed by atoms with Crippen LogP contribution < -0.4 is 4.90 Å². The number of rotatable bonds is 6. The highest BCUT2D eigenvalue weighted by Gasteiger charge is 2.18. The van der Waals surface area contributed by atoms with Gasteiger partial charge in [-0.15, -0.1) is 11.3 Å². The molecule has 0 aliphatic heterocycles. The standard InChI is InChI=1S/C48H32N2S/c1-4-14-37(15-5-1)49(38-16-6-2-7-17-38)40-29-35(28-36(30-40)34-25-27-48-44(32-34)42-21-11-13-23-47(42)51-48)33-24-26-46-43(31-33)41-20-10-12-22-45(41)50(46)39-18-8-3-9-19-39/h1-32H. The molecule has 8 aromatic carbocycles.